The van der Waals surface area contributed by atoms with Crippen LogP contribution in [0.1, 0.15) is 29.8 Å². The molecular weight excluding hydrogens is 292 g/mol. The molecule has 1 aromatic heterocycles. The third-order valence-electron chi connectivity index (χ3n) is 3.76. The van der Waals surface area contributed by atoms with Gasteiger partial charge in [-0.1, -0.05) is 30.3 Å². The van der Waals surface area contributed by atoms with E-state index >= 15 is 0 Å². The number of benzene rings is 1. The third kappa shape index (κ3) is 4.82. The van der Waals surface area contributed by atoms with Gasteiger partial charge < -0.3 is 15.4 Å². The van der Waals surface area contributed by atoms with Gasteiger partial charge in [0.1, 0.15) is 0 Å². The highest BCUT2D eigenvalue weighted by Gasteiger charge is 2.13. The SMILES string of the molecule is CCOC(CNC(=O)NCc1cnn(C)c1C)c1ccccc1. The fourth-order valence-corrected chi connectivity index (χ4v) is 2.28. The number of carbonyl (C=O) groups is 1. The number of urea groups is 1. The standard InChI is InChI=1S/C17H24N4O2/c1-4-23-16(14-8-6-5-7-9-14)12-19-17(22)18-10-15-11-20-21(3)13(15)2/h5-9,11,16H,4,10,12H2,1-3H3,(H2,18,19,22). The van der Waals surface area contributed by atoms with E-state index in [1.807, 2.05) is 51.2 Å². The van der Waals surface area contributed by atoms with Gasteiger partial charge in [0.05, 0.1) is 12.3 Å². The van der Waals surface area contributed by atoms with E-state index in [4.69, 9.17) is 4.74 Å². The number of aryl methyl sites for hydroxylation is 1. The van der Waals surface area contributed by atoms with Crippen LogP contribution in [0.15, 0.2) is 36.5 Å². The molecule has 2 rings (SSSR count). The zero-order chi connectivity index (χ0) is 16.7. The molecule has 23 heavy (non-hydrogen) atoms. The van der Waals surface area contributed by atoms with Gasteiger partial charge in [-0.05, 0) is 19.4 Å². The first-order valence-electron chi connectivity index (χ1n) is 7.77. The molecule has 2 aromatic rings. The van der Waals surface area contributed by atoms with Gasteiger partial charge in [0.2, 0.25) is 0 Å². The Morgan fingerprint density at radius 1 is 1.30 bits per heavy atom. The second kappa shape index (κ2) is 8.33. The summed E-state index contributed by atoms with van der Waals surface area (Å²) in [5.41, 5.74) is 3.10. The van der Waals surface area contributed by atoms with Crippen molar-refractivity contribution in [1.82, 2.24) is 20.4 Å². The molecule has 2 amide bonds. The second-order valence-electron chi connectivity index (χ2n) is 5.30. The molecule has 1 heterocycles. The van der Waals surface area contributed by atoms with Gasteiger partial charge in [0, 0.05) is 38.0 Å². The van der Waals surface area contributed by atoms with Crippen molar-refractivity contribution in [3.63, 3.8) is 0 Å². The minimum Gasteiger partial charge on any atom is -0.372 e. The van der Waals surface area contributed by atoms with Crippen LogP contribution in [0.4, 0.5) is 4.79 Å². The maximum Gasteiger partial charge on any atom is 0.315 e. The highest BCUT2D eigenvalue weighted by molar-refractivity contribution is 5.73. The minimum atomic E-state index is -0.214. The molecule has 0 spiro atoms. The Morgan fingerprint density at radius 3 is 2.65 bits per heavy atom. The van der Waals surface area contributed by atoms with Crippen LogP contribution in [0, 0.1) is 6.92 Å². The summed E-state index contributed by atoms with van der Waals surface area (Å²) in [5, 5.41) is 9.86. The van der Waals surface area contributed by atoms with Crippen molar-refractivity contribution >= 4 is 6.03 Å². The van der Waals surface area contributed by atoms with Gasteiger partial charge in [0.15, 0.2) is 0 Å². The van der Waals surface area contributed by atoms with E-state index in [1.165, 1.54) is 0 Å². The molecule has 0 saturated heterocycles. The smallest absolute Gasteiger partial charge is 0.315 e. The largest absolute Gasteiger partial charge is 0.372 e. The Bertz CT molecular complexity index is 625. The molecule has 0 aliphatic carbocycles. The number of ether oxygens (including phenoxy) is 1. The fraction of sp³-hybridized carbons (Fsp3) is 0.412. The molecule has 6 nitrogen and oxygen atoms in total. The quantitative estimate of drug-likeness (QED) is 0.823. The van der Waals surface area contributed by atoms with Crippen molar-refractivity contribution in [3.8, 4) is 0 Å². The topological polar surface area (TPSA) is 68.2 Å². The van der Waals surface area contributed by atoms with Gasteiger partial charge >= 0.3 is 6.03 Å². The lowest BCUT2D eigenvalue weighted by molar-refractivity contribution is 0.0639. The van der Waals surface area contributed by atoms with Crippen molar-refractivity contribution in [2.45, 2.75) is 26.5 Å². The van der Waals surface area contributed by atoms with Crippen LogP contribution in [0.3, 0.4) is 0 Å². The monoisotopic (exact) mass is 316 g/mol. The van der Waals surface area contributed by atoms with E-state index in [0.717, 1.165) is 16.8 Å². The lowest BCUT2D eigenvalue weighted by Gasteiger charge is -2.18. The van der Waals surface area contributed by atoms with Gasteiger partial charge in [-0.3, -0.25) is 4.68 Å². The van der Waals surface area contributed by atoms with Crippen LogP contribution in [0.5, 0.6) is 0 Å². The van der Waals surface area contributed by atoms with Gasteiger partial charge in [0.25, 0.3) is 0 Å². The summed E-state index contributed by atoms with van der Waals surface area (Å²) >= 11 is 0. The van der Waals surface area contributed by atoms with Crippen LogP contribution >= 0.6 is 0 Å². The number of aromatic nitrogens is 2. The number of hydrogen-bond donors (Lipinski definition) is 2. The number of rotatable bonds is 7. The molecule has 0 aliphatic rings. The Balaban J connectivity index is 1.83. The number of nitrogens with zero attached hydrogens (tertiary/aromatic N) is 2. The minimum absolute atomic E-state index is 0.146. The molecule has 0 saturated carbocycles. The van der Waals surface area contributed by atoms with E-state index in [1.54, 1.807) is 10.9 Å². The maximum absolute atomic E-state index is 12.0. The second-order valence-corrected chi connectivity index (χ2v) is 5.30. The summed E-state index contributed by atoms with van der Waals surface area (Å²) in [6.45, 7) is 5.40. The van der Waals surface area contributed by atoms with Gasteiger partial charge in [-0.2, -0.15) is 5.10 Å². The first kappa shape index (κ1) is 17.0. The Kier molecular flexibility index (Phi) is 6.17. The van der Waals surface area contributed by atoms with Crippen LogP contribution in [-0.2, 0) is 18.3 Å². The Hall–Kier alpha value is -2.34. The maximum atomic E-state index is 12.0. The van der Waals surface area contributed by atoms with E-state index in [-0.39, 0.29) is 12.1 Å². The molecule has 2 N–H and O–H groups in total. The van der Waals surface area contributed by atoms with Crippen LogP contribution in [0.25, 0.3) is 0 Å². The molecule has 0 radical (unpaired) electrons. The first-order valence-corrected chi connectivity index (χ1v) is 7.77. The summed E-state index contributed by atoms with van der Waals surface area (Å²) in [5.74, 6) is 0. The molecular formula is C17H24N4O2. The molecule has 124 valence electrons. The Morgan fingerprint density at radius 2 is 2.04 bits per heavy atom. The predicted molar refractivity (Wildman–Crippen MR) is 89.0 cm³/mol. The molecule has 0 aliphatic heterocycles. The van der Waals surface area contributed by atoms with Gasteiger partial charge in [-0.15, -0.1) is 0 Å². The van der Waals surface area contributed by atoms with Crippen molar-refractivity contribution in [1.29, 1.82) is 0 Å². The average Bonchev–Trinajstić information content (AvgIpc) is 2.89. The zero-order valence-electron chi connectivity index (χ0n) is 13.9. The summed E-state index contributed by atoms with van der Waals surface area (Å²) in [6.07, 6.45) is 1.62. The highest BCUT2D eigenvalue weighted by atomic mass is 16.5. The zero-order valence-corrected chi connectivity index (χ0v) is 13.9. The molecule has 0 bridgehead atoms. The number of carbonyl (C=O) groups excluding carboxylic acids is 1. The number of amides is 2. The molecule has 1 aromatic carbocycles. The summed E-state index contributed by atoms with van der Waals surface area (Å²) in [4.78, 5) is 12.0. The van der Waals surface area contributed by atoms with Crippen molar-refractivity contribution in [2.75, 3.05) is 13.2 Å². The normalized spacial score (nSPS) is 12.0. The highest BCUT2D eigenvalue weighted by Crippen LogP contribution is 2.15. The van der Waals surface area contributed by atoms with Crippen molar-refractivity contribution in [2.24, 2.45) is 7.05 Å². The lowest BCUT2D eigenvalue weighted by Crippen LogP contribution is -2.38. The van der Waals surface area contributed by atoms with Crippen LogP contribution < -0.4 is 10.6 Å². The van der Waals surface area contributed by atoms with E-state index in [9.17, 15) is 4.79 Å². The predicted octanol–water partition coefficient (Wildman–Crippen LogP) is 2.31. The summed E-state index contributed by atoms with van der Waals surface area (Å²) in [6, 6.07) is 9.67. The number of hydrogen-bond acceptors (Lipinski definition) is 3. The van der Waals surface area contributed by atoms with Crippen LogP contribution in [-0.4, -0.2) is 29.0 Å². The Labute approximate surface area is 136 Å². The average molecular weight is 316 g/mol. The molecule has 0 fully saturated rings. The summed E-state index contributed by atoms with van der Waals surface area (Å²) in [7, 11) is 1.88. The molecule has 6 heteroatoms. The van der Waals surface area contributed by atoms with E-state index in [0.29, 0.717) is 19.7 Å². The van der Waals surface area contributed by atoms with Gasteiger partial charge in [-0.25, -0.2) is 4.79 Å². The van der Waals surface area contributed by atoms with E-state index in [2.05, 4.69) is 15.7 Å². The number of nitrogens with one attached hydrogen (secondary N) is 2. The van der Waals surface area contributed by atoms with Crippen molar-refractivity contribution < 1.29 is 9.53 Å². The molecule has 1 unspecified atom stereocenters. The van der Waals surface area contributed by atoms with Crippen LogP contribution in [0.2, 0.25) is 0 Å². The molecule has 1 atom stereocenters. The van der Waals surface area contributed by atoms with E-state index < -0.39 is 0 Å². The van der Waals surface area contributed by atoms with Crippen molar-refractivity contribution in [3.05, 3.63) is 53.3 Å². The fourth-order valence-electron chi connectivity index (χ4n) is 2.28. The lowest BCUT2D eigenvalue weighted by atomic mass is 10.1. The first-order chi connectivity index (χ1) is 11.1. The third-order valence-corrected chi connectivity index (χ3v) is 3.76. The summed E-state index contributed by atoms with van der Waals surface area (Å²) < 4.78 is 7.49.